The van der Waals surface area contributed by atoms with E-state index in [1.165, 1.54) is 5.56 Å². The third-order valence-corrected chi connectivity index (χ3v) is 5.70. The van der Waals surface area contributed by atoms with Crippen LogP contribution in [0.4, 0.5) is 0 Å². The minimum absolute atomic E-state index is 0. The van der Waals surface area contributed by atoms with Crippen LogP contribution in [-0.2, 0) is 4.74 Å². The van der Waals surface area contributed by atoms with Crippen molar-refractivity contribution in [3.63, 3.8) is 0 Å². The van der Waals surface area contributed by atoms with Gasteiger partial charge in [-0.25, -0.2) is 0 Å². The maximum atomic E-state index is 5.73. The number of ether oxygens (including phenoxy) is 3. The number of nitrogens with zero attached hydrogens (tertiary/aromatic N) is 1. The van der Waals surface area contributed by atoms with Crippen molar-refractivity contribution in [3.05, 3.63) is 22.2 Å². The Bertz CT molecular complexity index is 535. The monoisotopic (exact) mass is 470 g/mol. The van der Waals surface area contributed by atoms with Crippen LogP contribution in [0.25, 0.3) is 0 Å². The molecule has 2 saturated heterocycles. The molecule has 1 N–H and O–H groups in total. The van der Waals surface area contributed by atoms with E-state index < -0.39 is 0 Å². The SMILES string of the molecule is COc1cc([C@@H](C2CCOCC2)N2CCNCC2)c(OC)cc1Br.Cl.Cl. The van der Waals surface area contributed by atoms with E-state index in [0.29, 0.717) is 12.0 Å². The van der Waals surface area contributed by atoms with Crippen molar-refractivity contribution in [2.45, 2.75) is 18.9 Å². The highest BCUT2D eigenvalue weighted by Gasteiger charge is 2.33. The predicted molar refractivity (Wildman–Crippen MR) is 112 cm³/mol. The molecule has 150 valence electrons. The van der Waals surface area contributed by atoms with Crippen molar-refractivity contribution in [1.82, 2.24) is 10.2 Å². The highest BCUT2D eigenvalue weighted by Crippen LogP contribution is 2.43. The van der Waals surface area contributed by atoms with Crippen molar-refractivity contribution in [2.75, 3.05) is 53.6 Å². The minimum atomic E-state index is 0. The number of hydrogen-bond acceptors (Lipinski definition) is 5. The lowest BCUT2D eigenvalue weighted by Crippen LogP contribution is -2.47. The predicted octanol–water partition coefficient (Wildman–Crippen LogP) is 3.68. The van der Waals surface area contributed by atoms with Crippen LogP contribution < -0.4 is 14.8 Å². The topological polar surface area (TPSA) is 43.0 Å². The second-order valence-electron chi connectivity index (χ2n) is 6.41. The number of piperazine rings is 1. The van der Waals surface area contributed by atoms with Gasteiger partial charge < -0.3 is 19.5 Å². The van der Waals surface area contributed by atoms with Gasteiger partial charge in [0.1, 0.15) is 11.5 Å². The summed E-state index contributed by atoms with van der Waals surface area (Å²) in [6, 6.07) is 4.52. The number of halogens is 3. The van der Waals surface area contributed by atoms with Crippen LogP contribution in [0.15, 0.2) is 16.6 Å². The van der Waals surface area contributed by atoms with Gasteiger partial charge in [0.2, 0.25) is 0 Å². The van der Waals surface area contributed by atoms with Gasteiger partial charge in [-0.3, -0.25) is 4.90 Å². The van der Waals surface area contributed by atoms with E-state index in [0.717, 1.165) is 68.2 Å². The summed E-state index contributed by atoms with van der Waals surface area (Å²) >= 11 is 3.57. The summed E-state index contributed by atoms with van der Waals surface area (Å²) in [5.41, 5.74) is 1.23. The van der Waals surface area contributed by atoms with E-state index in [9.17, 15) is 0 Å². The van der Waals surface area contributed by atoms with Crippen LogP contribution >= 0.6 is 40.7 Å². The van der Waals surface area contributed by atoms with Gasteiger partial charge in [0.25, 0.3) is 0 Å². The quantitative estimate of drug-likeness (QED) is 0.709. The normalized spacial score (nSPS) is 19.8. The van der Waals surface area contributed by atoms with Crippen LogP contribution in [0.1, 0.15) is 24.4 Å². The van der Waals surface area contributed by atoms with Crippen molar-refractivity contribution in [1.29, 1.82) is 0 Å². The fraction of sp³-hybridized carbons (Fsp3) is 0.667. The lowest BCUT2D eigenvalue weighted by molar-refractivity contribution is 0.0206. The smallest absolute Gasteiger partial charge is 0.133 e. The standard InChI is InChI=1S/C18H27BrN2O3.2ClH/c1-22-16-12-15(19)17(23-2)11-14(16)18(13-3-9-24-10-4-13)21-7-5-20-6-8-21;;/h11-13,18,20H,3-10H2,1-2H3;2*1H/t18-;;/m1../s1. The number of benzene rings is 1. The Labute approximate surface area is 177 Å². The van der Waals surface area contributed by atoms with Crippen LogP contribution in [0.3, 0.4) is 0 Å². The molecule has 0 aliphatic carbocycles. The van der Waals surface area contributed by atoms with Gasteiger partial charge in [-0.2, -0.15) is 0 Å². The number of hydrogen-bond donors (Lipinski definition) is 1. The van der Waals surface area contributed by atoms with Gasteiger partial charge in [0.15, 0.2) is 0 Å². The first-order valence-electron chi connectivity index (χ1n) is 8.68. The Morgan fingerprint density at radius 2 is 1.69 bits per heavy atom. The van der Waals surface area contributed by atoms with Crippen molar-refractivity contribution < 1.29 is 14.2 Å². The summed E-state index contributed by atoms with van der Waals surface area (Å²) in [5, 5.41) is 3.45. The molecule has 3 rings (SSSR count). The molecule has 2 aliphatic heterocycles. The minimum Gasteiger partial charge on any atom is -0.496 e. The van der Waals surface area contributed by atoms with Crippen LogP contribution in [0.5, 0.6) is 11.5 Å². The molecular formula is C18H29BrCl2N2O3. The average Bonchev–Trinajstić information content (AvgIpc) is 2.64. The number of nitrogens with one attached hydrogen (secondary N) is 1. The number of methoxy groups -OCH3 is 2. The summed E-state index contributed by atoms with van der Waals surface area (Å²) in [4.78, 5) is 2.59. The summed E-state index contributed by atoms with van der Waals surface area (Å²) < 4.78 is 17.8. The first-order valence-corrected chi connectivity index (χ1v) is 9.48. The van der Waals surface area contributed by atoms with E-state index in [1.807, 2.05) is 6.07 Å². The maximum absolute atomic E-state index is 5.73. The van der Waals surface area contributed by atoms with Crippen LogP contribution in [-0.4, -0.2) is 58.5 Å². The Morgan fingerprint density at radius 1 is 1.08 bits per heavy atom. The third kappa shape index (κ3) is 5.40. The third-order valence-electron chi connectivity index (χ3n) is 5.08. The lowest BCUT2D eigenvalue weighted by Gasteiger charge is -2.41. The highest BCUT2D eigenvalue weighted by atomic mass is 79.9. The molecule has 1 aromatic rings. The van der Waals surface area contributed by atoms with Crippen molar-refractivity contribution in [2.24, 2.45) is 5.92 Å². The van der Waals surface area contributed by atoms with E-state index >= 15 is 0 Å². The summed E-state index contributed by atoms with van der Waals surface area (Å²) in [5.74, 6) is 2.37. The molecule has 0 amide bonds. The summed E-state index contributed by atoms with van der Waals surface area (Å²) in [7, 11) is 3.46. The summed E-state index contributed by atoms with van der Waals surface area (Å²) in [6.07, 6.45) is 2.19. The molecule has 1 aromatic carbocycles. The van der Waals surface area contributed by atoms with Crippen molar-refractivity contribution in [3.8, 4) is 11.5 Å². The second-order valence-corrected chi connectivity index (χ2v) is 7.26. The van der Waals surface area contributed by atoms with Gasteiger partial charge in [0, 0.05) is 51.0 Å². The Morgan fingerprint density at radius 3 is 2.27 bits per heavy atom. The molecule has 2 aliphatic rings. The van der Waals surface area contributed by atoms with Gasteiger partial charge in [-0.1, -0.05) is 0 Å². The van der Waals surface area contributed by atoms with Gasteiger partial charge in [-0.05, 0) is 46.8 Å². The fourth-order valence-electron chi connectivity index (χ4n) is 3.86. The first-order chi connectivity index (χ1) is 11.7. The molecule has 0 aromatic heterocycles. The fourth-order valence-corrected chi connectivity index (χ4v) is 4.34. The van der Waals surface area contributed by atoms with E-state index in [4.69, 9.17) is 14.2 Å². The molecule has 1 atom stereocenters. The molecule has 0 unspecified atom stereocenters. The first kappa shape index (κ1) is 23.8. The lowest BCUT2D eigenvalue weighted by atomic mass is 9.85. The maximum Gasteiger partial charge on any atom is 0.133 e. The van der Waals surface area contributed by atoms with Crippen LogP contribution in [0.2, 0.25) is 0 Å². The zero-order valence-corrected chi connectivity index (χ0v) is 18.6. The Hall–Kier alpha value is -0.240. The Balaban J connectivity index is 0.00000169. The molecule has 0 bridgehead atoms. The molecule has 0 radical (unpaired) electrons. The molecule has 26 heavy (non-hydrogen) atoms. The van der Waals surface area contributed by atoms with E-state index in [2.05, 4.69) is 32.2 Å². The van der Waals surface area contributed by atoms with E-state index in [-0.39, 0.29) is 24.8 Å². The summed E-state index contributed by atoms with van der Waals surface area (Å²) in [6.45, 7) is 5.89. The second kappa shape index (κ2) is 11.6. The molecule has 0 spiro atoms. The Kier molecular flexibility index (Phi) is 10.6. The molecule has 0 saturated carbocycles. The highest BCUT2D eigenvalue weighted by molar-refractivity contribution is 9.10. The zero-order chi connectivity index (χ0) is 16.9. The van der Waals surface area contributed by atoms with Gasteiger partial charge in [-0.15, -0.1) is 24.8 Å². The molecule has 8 heteroatoms. The van der Waals surface area contributed by atoms with Gasteiger partial charge in [0.05, 0.1) is 18.7 Å². The average molecular weight is 472 g/mol. The van der Waals surface area contributed by atoms with E-state index in [1.54, 1.807) is 14.2 Å². The number of rotatable bonds is 5. The molecule has 2 fully saturated rings. The molecular weight excluding hydrogens is 443 g/mol. The molecule has 5 nitrogen and oxygen atoms in total. The zero-order valence-electron chi connectivity index (χ0n) is 15.3. The van der Waals surface area contributed by atoms with Crippen molar-refractivity contribution >= 4 is 40.7 Å². The largest absolute Gasteiger partial charge is 0.496 e. The molecule has 2 heterocycles. The van der Waals surface area contributed by atoms with Crippen LogP contribution in [0, 0.1) is 5.92 Å². The van der Waals surface area contributed by atoms with Gasteiger partial charge >= 0.3 is 0 Å².